The molecule has 0 fully saturated rings. The molecule has 1 N–H and O–H groups in total. The van der Waals surface area contributed by atoms with Crippen LogP contribution in [0.1, 0.15) is 19.9 Å². The molecule has 14 heavy (non-hydrogen) atoms. The molecule has 0 bridgehead atoms. The number of halogens is 1. The average Bonchev–Trinajstić information content (AvgIpc) is 2.47. The summed E-state index contributed by atoms with van der Waals surface area (Å²) >= 11 is 0. The maximum atomic E-state index is 13.4. The first-order valence-corrected chi connectivity index (χ1v) is 5.55. The second kappa shape index (κ2) is 3.66. The molecule has 0 aromatic carbocycles. The molecule has 0 amide bonds. The summed E-state index contributed by atoms with van der Waals surface area (Å²) in [5.74, 6) is -0.839. The SMILES string of the molecule is CNS(=O)(=O)c1cnn(C(C)C)c1F. The first-order valence-electron chi connectivity index (χ1n) is 4.06. The van der Waals surface area contributed by atoms with Crippen molar-refractivity contribution in [1.29, 1.82) is 0 Å². The van der Waals surface area contributed by atoms with Crippen LogP contribution in [0.15, 0.2) is 11.1 Å². The van der Waals surface area contributed by atoms with Crippen molar-refractivity contribution in [2.24, 2.45) is 0 Å². The molecule has 0 atom stereocenters. The van der Waals surface area contributed by atoms with Gasteiger partial charge in [0.05, 0.1) is 6.20 Å². The fourth-order valence-corrected chi connectivity index (χ4v) is 1.70. The Balaban J connectivity index is 3.27. The van der Waals surface area contributed by atoms with Crippen molar-refractivity contribution in [3.63, 3.8) is 0 Å². The lowest BCUT2D eigenvalue weighted by Gasteiger charge is -2.05. The van der Waals surface area contributed by atoms with Crippen LogP contribution in [0.3, 0.4) is 0 Å². The smallest absolute Gasteiger partial charge is 0.236 e. The van der Waals surface area contributed by atoms with Gasteiger partial charge < -0.3 is 0 Å². The van der Waals surface area contributed by atoms with E-state index in [1.807, 2.05) is 4.72 Å². The minimum absolute atomic E-state index is 0.212. The molecule has 1 rings (SSSR count). The van der Waals surface area contributed by atoms with Gasteiger partial charge in [-0.05, 0) is 20.9 Å². The van der Waals surface area contributed by atoms with Crippen molar-refractivity contribution < 1.29 is 12.8 Å². The van der Waals surface area contributed by atoms with Gasteiger partial charge in [0.25, 0.3) is 0 Å². The van der Waals surface area contributed by atoms with E-state index in [2.05, 4.69) is 5.10 Å². The minimum Gasteiger partial charge on any atom is -0.236 e. The summed E-state index contributed by atoms with van der Waals surface area (Å²) in [6.45, 7) is 3.43. The molecule has 0 saturated heterocycles. The van der Waals surface area contributed by atoms with Crippen LogP contribution in [-0.2, 0) is 10.0 Å². The van der Waals surface area contributed by atoms with Gasteiger partial charge in [-0.15, -0.1) is 0 Å². The van der Waals surface area contributed by atoms with Gasteiger partial charge in [0.15, 0.2) is 4.90 Å². The molecule has 0 aliphatic carbocycles. The van der Waals surface area contributed by atoms with Crippen LogP contribution >= 0.6 is 0 Å². The highest BCUT2D eigenvalue weighted by Gasteiger charge is 2.22. The summed E-state index contributed by atoms with van der Waals surface area (Å²) in [4.78, 5) is -0.423. The van der Waals surface area contributed by atoms with Gasteiger partial charge in [-0.3, -0.25) is 0 Å². The Bertz CT molecular complexity index is 424. The molecular formula is C7H12FN3O2S. The van der Waals surface area contributed by atoms with Gasteiger partial charge in [0.1, 0.15) is 0 Å². The number of aromatic nitrogens is 2. The Kier molecular flexibility index (Phi) is 2.91. The lowest BCUT2D eigenvalue weighted by molar-refractivity contribution is 0.404. The highest BCUT2D eigenvalue weighted by atomic mass is 32.2. The summed E-state index contributed by atoms with van der Waals surface area (Å²) < 4.78 is 39.0. The Morgan fingerprint density at radius 2 is 2.14 bits per heavy atom. The van der Waals surface area contributed by atoms with Gasteiger partial charge in [0, 0.05) is 6.04 Å². The molecular weight excluding hydrogens is 209 g/mol. The van der Waals surface area contributed by atoms with Crippen LogP contribution in [0.5, 0.6) is 0 Å². The molecule has 0 aliphatic heterocycles. The van der Waals surface area contributed by atoms with E-state index < -0.39 is 20.9 Å². The average molecular weight is 221 g/mol. The van der Waals surface area contributed by atoms with Crippen molar-refractivity contribution in [2.45, 2.75) is 24.8 Å². The van der Waals surface area contributed by atoms with E-state index in [-0.39, 0.29) is 6.04 Å². The molecule has 0 spiro atoms. The predicted octanol–water partition coefficient (Wildman–Crippen LogP) is 0.511. The summed E-state index contributed by atoms with van der Waals surface area (Å²) in [6.07, 6.45) is 1.00. The molecule has 1 heterocycles. The molecule has 1 aromatic rings. The van der Waals surface area contributed by atoms with E-state index >= 15 is 0 Å². The lowest BCUT2D eigenvalue weighted by atomic mass is 10.4. The Morgan fingerprint density at radius 1 is 1.57 bits per heavy atom. The Morgan fingerprint density at radius 3 is 2.50 bits per heavy atom. The summed E-state index contributed by atoms with van der Waals surface area (Å²) in [6, 6.07) is -0.212. The normalized spacial score (nSPS) is 12.4. The van der Waals surface area contributed by atoms with Crippen LogP contribution in [0, 0.1) is 5.95 Å². The van der Waals surface area contributed by atoms with Crippen LogP contribution in [0.4, 0.5) is 4.39 Å². The van der Waals surface area contributed by atoms with Crippen molar-refractivity contribution in [1.82, 2.24) is 14.5 Å². The zero-order chi connectivity index (χ0) is 10.9. The Labute approximate surface area is 82.0 Å². The zero-order valence-corrected chi connectivity index (χ0v) is 8.97. The maximum absolute atomic E-state index is 13.4. The molecule has 0 unspecified atom stereocenters. The van der Waals surface area contributed by atoms with Crippen LogP contribution in [0.2, 0.25) is 0 Å². The second-order valence-corrected chi connectivity index (χ2v) is 4.90. The fraction of sp³-hybridized carbons (Fsp3) is 0.571. The van der Waals surface area contributed by atoms with E-state index in [1.54, 1.807) is 13.8 Å². The van der Waals surface area contributed by atoms with E-state index in [9.17, 15) is 12.8 Å². The number of sulfonamides is 1. The van der Waals surface area contributed by atoms with Crippen LogP contribution in [0.25, 0.3) is 0 Å². The molecule has 0 radical (unpaired) electrons. The molecule has 0 saturated carbocycles. The monoisotopic (exact) mass is 221 g/mol. The quantitative estimate of drug-likeness (QED) is 0.809. The fourth-order valence-electron chi connectivity index (χ4n) is 0.982. The van der Waals surface area contributed by atoms with Gasteiger partial charge in [-0.1, -0.05) is 0 Å². The second-order valence-electron chi connectivity index (χ2n) is 3.05. The highest BCUT2D eigenvalue weighted by molar-refractivity contribution is 7.89. The van der Waals surface area contributed by atoms with E-state index in [0.717, 1.165) is 10.9 Å². The maximum Gasteiger partial charge on any atom is 0.246 e. The summed E-state index contributed by atoms with van der Waals surface area (Å²) in [5, 5.41) is 3.65. The topological polar surface area (TPSA) is 64.0 Å². The highest BCUT2D eigenvalue weighted by Crippen LogP contribution is 2.16. The predicted molar refractivity (Wildman–Crippen MR) is 48.8 cm³/mol. The van der Waals surface area contributed by atoms with Gasteiger partial charge in [-0.2, -0.15) is 9.49 Å². The summed E-state index contributed by atoms with van der Waals surface area (Å²) in [5.41, 5.74) is 0. The van der Waals surface area contributed by atoms with Crippen molar-refractivity contribution >= 4 is 10.0 Å². The zero-order valence-electron chi connectivity index (χ0n) is 8.15. The lowest BCUT2D eigenvalue weighted by Crippen LogP contribution is -2.19. The third kappa shape index (κ3) is 1.78. The summed E-state index contributed by atoms with van der Waals surface area (Å²) in [7, 11) is -2.53. The molecule has 1 aromatic heterocycles. The van der Waals surface area contributed by atoms with Crippen molar-refractivity contribution in [3.8, 4) is 0 Å². The van der Waals surface area contributed by atoms with Crippen LogP contribution < -0.4 is 4.72 Å². The molecule has 7 heteroatoms. The molecule has 0 aliphatic rings. The van der Waals surface area contributed by atoms with Crippen molar-refractivity contribution in [3.05, 3.63) is 12.1 Å². The van der Waals surface area contributed by atoms with Crippen LogP contribution in [-0.4, -0.2) is 25.2 Å². The first kappa shape index (κ1) is 11.1. The van der Waals surface area contributed by atoms with E-state index in [1.165, 1.54) is 7.05 Å². The van der Waals surface area contributed by atoms with Gasteiger partial charge in [0.2, 0.25) is 16.0 Å². The standard InChI is InChI=1S/C7H12FN3O2S/c1-5(2)11-7(8)6(4-10-11)14(12,13)9-3/h4-5,9H,1-3H3. The van der Waals surface area contributed by atoms with E-state index in [4.69, 9.17) is 0 Å². The molecule has 80 valence electrons. The van der Waals surface area contributed by atoms with Gasteiger partial charge in [-0.25, -0.2) is 17.8 Å². The Hall–Kier alpha value is -0.950. The first-order chi connectivity index (χ1) is 6.40. The number of nitrogens with zero attached hydrogens (tertiary/aromatic N) is 2. The number of hydrogen-bond donors (Lipinski definition) is 1. The third-order valence-electron chi connectivity index (χ3n) is 1.75. The minimum atomic E-state index is -3.75. The number of hydrogen-bond acceptors (Lipinski definition) is 3. The number of rotatable bonds is 3. The molecule has 5 nitrogen and oxygen atoms in total. The largest absolute Gasteiger partial charge is 0.246 e. The van der Waals surface area contributed by atoms with Gasteiger partial charge >= 0.3 is 0 Å². The third-order valence-corrected chi connectivity index (χ3v) is 3.14. The van der Waals surface area contributed by atoms with Crippen molar-refractivity contribution in [2.75, 3.05) is 7.05 Å². The number of nitrogens with one attached hydrogen (secondary N) is 1. The van der Waals surface area contributed by atoms with E-state index in [0.29, 0.717) is 0 Å².